The van der Waals surface area contributed by atoms with Crippen molar-refractivity contribution in [3.8, 4) is 23.1 Å². The highest BCUT2D eigenvalue weighted by Gasteiger charge is 2.35. The molecule has 40 heavy (non-hydrogen) atoms. The first-order valence-corrected chi connectivity index (χ1v) is 13.9. The lowest BCUT2D eigenvalue weighted by Gasteiger charge is -2.31. The van der Waals surface area contributed by atoms with Crippen molar-refractivity contribution in [1.82, 2.24) is 20.1 Å². The molecular weight excluding hydrogens is 524 g/mol. The molecular formula is C30H28N6O3S. The summed E-state index contributed by atoms with van der Waals surface area (Å²) in [6, 6.07) is 26.9. The van der Waals surface area contributed by atoms with Crippen LogP contribution in [0.25, 0.3) is 17.1 Å². The van der Waals surface area contributed by atoms with Crippen molar-refractivity contribution in [2.45, 2.75) is 34.2 Å². The molecule has 6 rings (SSSR count). The average Bonchev–Trinajstić information content (AvgIpc) is 3.46. The van der Waals surface area contributed by atoms with Crippen molar-refractivity contribution in [3.63, 3.8) is 0 Å². The second kappa shape index (κ2) is 11.1. The highest BCUT2D eigenvalue weighted by Crippen LogP contribution is 2.41. The third-order valence-corrected chi connectivity index (χ3v) is 8.33. The number of hydrogen-bond acceptors (Lipinski definition) is 9. The van der Waals surface area contributed by atoms with E-state index in [1.54, 1.807) is 11.8 Å². The Morgan fingerprint density at radius 2 is 1.93 bits per heavy atom. The first kappa shape index (κ1) is 26.1. The molecule has 202 valence electrons. The van der Waals surface area contributed by atoms with Crippen LogP contribution in [0.3, 0.4) is 0 Å². The monoisotopic (exact) mass is 552 g/mol. The van der Waals surface area contributed by atoms with E-state index in [1.165, 1.54) is 7.11 Å². The van der Waals surface area contributed by atoms with Crippen LogP contribution in [-0.2, 0) is 19.7 Å². The number of esters is 1. The van der Waals surface area contributed by atoms with Gasteiger partial charge in [-0.1, -0.05) is 54.2 Å². The molecule has 2 N–H and O–H groups in total. The molecule has 9 nitrogen and oxygen atoms in total. The zero-order valence-corrected chi connectivity index (χ0v) is 22.8. The normalized spacial score (nSPS) is 17.1. The van der Waals surface area contributed by atoms with Crippen molar-refractivity contribution < 1.29 is 14.3 Å². The van der Waals surface area contributed by atoms with Gasteiger partial charge in [-0.15, -0.1) is 10.2 Å². The van der Waals surface area contributed by atoms with Crippen molar-refractivity contribution >= 4 is 23.4 Å². The number of ether oxygens (including phenoxy) is 2. The Balaban J connectivity index is 1.34. The number of rotatable bonds is 7. The predicted octanol–water partition coefficient (Wildman–Crippen LogP) is 4.84. The molecule has 2 aliphatic rings. The molecule has 1 fully saturated rings. The van der Waals surface area contributed by atoms with Gasteiger partial charge in [-0.25, -0.2) is 0 Å². The average molecular weight is 553 g/mol. The molecule has 2 aliphatic heterocycles. The molecule has 0 amide bonds. The van der Waals surface area contributed by atoms with Crippen LogP contribution in [0.1, 0.15) is 30.4 Å². The van der Waals surface area contributed by atoms with E-state index in [-0.39, 0.29) is 12.5 Å². The van der Waals surface area contributed by atoms with Gasteiger partial charge in [0.05, 0.1) is 36.5 Å². The smallest absolute Gasteiger partial charge is 0.319 e. The molecule has 1 unspecified atom stereocenters. The maximum absolute atomic E-state index is 11.9. The molecule has 1 atom stereocenters. The molecule has 4 aromatic rings. The van der Waals surface area contributed by atoms with E-state index in [9.17, 15) is 10.1 Å². The van der Waals surface area contributed by atoms with Crippen LogP contribution in [0.15, 0.2) is 82.6 Å². The lowest BCUT2D eigenvalue weighted by molar-refractivity contribution is -0.139. The summed E-state index contributed by atoms with van der Waals surface area (Å²) >= 11 is 1.64. The van der Waals surface area contributed by atoms with Crippen LogP contribution in [0, 0.1) is 11.3 Å². The second-order valence-electron chi connectivity index (χ2n) is 9.73. The van der Waals surface area contributed by atoms with E-state index >= 15 is 0 Å². The number of nitriles is 1. The topological polar surface area (TPSA) is 114 Å². The number of anilines is 1. The Hall–Kier alpha value is -4.17. The molecule has 0 radical (unpaired) electrons. The van der Waals surface area contributed by atoms with Crippen LogP contribution in [0.4, 0.5) is 5.69 Å². The maximum atomic E-state index is 11.9. The lowest BCUT2D eigenvalue weighted by atomic mass is 9.75. The van der Waals surface area contributed by atoms with Gasteiger partial charge in [-0.05, 0) is 48.7 Å². The minimum Gasteiger partial charge on any atom is -0.468 e. The second-order valence-corrected chi connectivity index (χ2v) is 10.9. The van der Waals surface area contributed by atoms with E-state index in [2.05, 4.69) is 57.2 Å². The Labute approximate surface area is 236 Å². The van der Waals surface area contributed by atoms with Gasteiger partial charge in [0.1, 0.15) is 6.17 Å². The Kier molecular flexibility index (Phi) is 7.26. The molecule has 0 saturated carbocycles. The van der Waals surface area contributed by atoms with Gasteiger partial charge in [0.25, 0.3) is 0 Å². The zero-order chi connectivity index (χ0) is 27.5. The minimum absolute atomic E-state index is 0.0178. The van der Waals surface area contributed by atoms with Gasteiger partial charge in [-0.3, -0.25) is 14.7 Å². The SMILES string of the molecule is COC(=O)CNC1Nc2cc(Sc3cccc(C4(C#N)CCOCC4)c3)ccc2-n2c(-c3ccccc3)nnc21. The van der Waals surface area contributed by atoms with Gasteiger partial charge >= 0.3 is 5.97 Å². The van der Waals surface area contributed by atoms with E-state index in [4.69, 9.17) is 9.47 Å². The summed E-state index contributed by atoms with van der Waals surface area (Å²) in [7, 11) is 1.36. The maximum Gasteiger partial charge on any atom is 0.319 e. The summed E-state index contributed by atoms with van der Waals surface area (Å²) in [4.78, 5) is 14.0. The van der Waals surface area contributed by atoms with Gasteiger partial charge < -0.3 is 14.8 Å². The number of nitrogens with one attached hydrogen (secondary N) is 2. The highest BCUT2D eigenvalue weighted by molar-refractivity contribution is 7.99. The van der Waals surface area contributed by atoms with Gasteiger partial charge in [-0.2, -0.15) is 5.26 Å². The van der Waals surface area contributed by atoms with Crippen molar-refractivity contribution in [2.75, 3.05) is 32.2 Å². The Morgan fingerprint density at radius 3 is 2.70 bits per heavy atom. The van der Waals surface area contributed by atoms with Crippen LogP contribution in [0.5, 0.6) is 0 Å². The first-order chi connectivity index (χ1) is 19.6. The van der Waals surface area contributed by atoms with Crippen molar-refractivity contribution in [3.05, 3.63) is 84.2 Å². The predicted molar refractivity (Wildman–Crippen MR) is 151 cm³/mol. The summed E-state index contributed by atoms with van der Waals surface area (Å²) in [5.41, 5.74) is 3.26. The quantitative estimate of drug-likeness (QED) is 0.311. The summed E-state index contributed by atoms with van der Waals surface area (Å²) in [5.74, 6) is 1.00. The van der Waals surface area contributed by atoms with Crippen LogP contribution < -0.4 is 10.6 Å². The molecule has 1 aromatic heterocycles. The molecule has 3 aromatic carbocycles. The van der Waals surface area contributed by atoms with Crippen molar-refractivity contribution in [2.24, 2.45) is 0 Å². The van der Waals surface area contributed by atoms with Crippen LogP contribution in [-0.4, -0.2) is 47.6 Å². The number of hydrogen-bond donors (Lipinski definition) is 2. The third kappa shape index (κ3) is 4.95. The zero-order valence-electron chi connectivity index (χ0n) is 22.0. The van der Waals surface area contributed by atoms with Gasteiger partial charge in [0.15, 0.2) is 11.6 Å². The summed E-state index contributed by atoms with van der Waals surface area (Å²) in [5, 5.41) is 25.7. The number of benzene rings is 3. The number of aromatic nitrogens is 3. The molecule has 10 heteroatoms. The molecule has 0 aliphatic carbocycles. The van der Waals surface area contributed by atoms with E-state index in [0.29, 0.717) is 31.9 Å². The summed E-state index contributed by atoms with van der Waals surface area (Å²) in [6.07, 6.45) is 0.945. The van der Waals surface area contributed by atoms with Crippen LogP contribution >= 0.6 is 11.8 Å². The van der Waals surface area contributed by atoms with E-state index in [1.807, 2.05) is 47.0 Å². The highest BCUT2D eigenvalue weighted by atomic mass is 32.2. The first-order valence-electron chi connectivity index (χ1n) is 13.1. The number of fused-ring (bicyclic) bond motifs is 3. The van der Waals surface area contributed by atoms with Crippen molar-refractivity contribution in [1.29, 1.82) is 5.26 Å². The Bertz CT molecular complexity index is 1580. The number of nitrogens with zero attached hydrogens (tertiary/aromatic N) is 4. The standard InChI is InChI=1S/C30H28N6O3S/c1-38-26(37)18-32-27-29-35-34-28(20-6-3-2-4-7-20)36(29)25-11-10-23(17-24(25)33-27)40-22-9-5-8-21(16-22)30(19-31)12-14-39-15-13-30/h2-11,16-17,27,32-33H,12-15,18H2,1H3. The van der Waals surface area contributed by atoms with Gasteiger partial charge in [0.2, 0.25) is 0 Å². The fourth-order valence-electron chi connectivity index (χ4n) is 5.18. The largest absolute Gasteiger partial charge is 0.468 e. The number of carbonyl (C=O) groups is 1. The summed E-state index contributed by atoms with van der Waals surface area (Å²) in [6.45, 7) is 1.22. The van der Waals surface area contributed by atoms with Crippen LogP contribution in [0.2, 0.25) is 0 Å². The molecule has 3 heterocycles. The lowest BCUT2D eigenvalue weighted by Crippen LogP contribution is -2.37. The fraction of sp³-hybridized carbons (Fsp3) is 0.267. The van der Waals surface area contributed by atoms with Gasteiger partial charge in [0, 0.05) is 28.6 Å². The van der Waals surface area contributed by atoms with E-state index in [0.717, 1.165) is 38.1 Å². The number of methoxy groups -OCH3 is 1. The number of carbonyl (C=O) groups excluding carboxylic acids is 1. The summed E-state index contributed by atoms with van der Waals surface area (Å²) < 4.78 is 12.4. The van der Waals surface area contributed by atoms with E-state index < -0.39 is 11.6 Å². The molecule has 1 saturated heterocycles. The third-order valence-electron chi connectivity index (χ3n) is 7.35. The molecule has 0 bridgehead atoms. The fourth-order valence-corrected chi connectivity index (χ4v) is 6.10. The Morgan fingerprint density at radius 1 is 1.12 bits per heavy atom. The molecule has 0 spiro atoms. The minimum atomic E-state index is -0.510.